The Morgan fingerprint density at radius 3 is 2.12 bits per heavy atom. The highest BCUT2D eigenvalue weighted by molar-refractivity contribution is 7.25. The van der Waals surface area contributed by atoms with Gasteiger partial charge in [0.15, 0.2) is 17.5 Å². The molecule has 42 heavy (non-hydrogen) atoms. The monoisotopic (exact) mass is 556 g/mol. The Hall–Kier alpha value is -5.46. The topological polar surface area (TPSA) is 64.7 Å². The maximum atomic E-state index is 6.25. The number of benzene rings is 5. The van der Waals surface area contributed by atoms with Crippen molar-refractivity contribution >= 4 is 64.4 Å². The third-order valence-corrected chi connectivity index (χ3v) is 8.92. The molecule has 9 rings (SSSR count). The van der Waals surface area contributed by atoms with Crippen LogP contribution in [0.1, 0.15) is 0 Å². The van der Waals surface area contributed by atoms with Crippen molar-refractivity contribution in [2.75, 3.05) is 0 Å². The van der Waals surface area contributed by atoms with Crippen molar-refractivity contribution in [3.8, 4) is 34.2 Å². The maximum absolute atomic E-state index is 6.25. The van der Waals surface area contributed by atoms with E-state index in [1.54, 1.807) is 17.5 Å². The Balaban J connectivity index is 1.30. The first-order valence-electron chi connectivity index (χ1n) is 13.7. The van der Waals surface area contributed by atoms with E-state index in [1.807, 2.05) is 48.5 Å². The van der Waals surface area contributed by atoms with Crippen LogP contribution in [0.4, 0.5) is 0 Å². The van der Waals surface area contributed by atoms with Crippen LogP contribution in [0.2, 0.25) is 0 Å². The fourth-order valence-corrected chi connectivity index (χ4v) is 6.92. The smallest absolute Gasteiger partial charge is 0.228 e. The molecular weight excluding hydrogens is 536 g/mol. The average Bonchev–Trinajstić information content (AvgIpc) is 3.61. The highest BCUT2D eigenvalue weighted by atomic mass is 32.1. The third kappa shape index (κ3) is 3.62. The van der Waals surface area contributed by atoms with E-state index in [4.69, 9.17) is 19.4 Å². The Bertz CT molecular complexity index is 2480. The highest BCUT2D eigenvalue weighted by Gasteiger charge is 2.19. The van der Waals surface area contributed by atoms with Crippen molar-refractivity contribution in [3.05, 3.63) is 121 Å². The van der Waals surface area contributed by atoms with Crippen molar-refractivity contribution in [2.45, 2.75) is 0 Å². The van der Waals surface area contributed by atoms with Gasteiger partial charge in [0.05, 0.1) is 5.39 Å². The number of fused-ring (bicyclic) bond motifs is 7. The molecule has 5 nitrogen and oxygen atoms in total. The molecule has 5 aromatic carbocycles. The van der Waals surface area contributed by atoms with Gasteiger partial charge in [-0.2, -0.15) is 0 Å². The molecule has 196 valence electrons. The summed E-state index contributed by atoms with van der Waals surface area (Å²) in [5.41, 5.74) is 4.09. The first kappa shape index (κ1) is 23.3. The van der Waals surface area contributed by atoms with Crippen LogP contribution < -0.4 is 0 Å². The average molecular weight is 557 g/mol. The Labute approximate surface area is 243 Å². The zero-order valence-electron chi connectivity index (χ0n) is 22.2. The van der Waals surface area contributed by atoms with Crippen LogP contribution >= 0.6 is 11.3 Å². The fraction of sp³-hybridized carbons (Fsp3) is 0. The van der Waals surface area contributed by atoms with Crippen molar-refractivity contribution in [1.82, 2.24) is 19.9 Å². The predicted molar refractivity (Wildman–Crippen MR) is 172 cm³/mol. The molecule has 0 aliphatic heterocycles. The molecule has 0 amide bonds. The molecule has 4 aromatic heterocycles. The summed E-state index contributed by atoms with van der Waals surface area (Å²) in [5, 5.41) is 6.65. The molecule has 0 N–H and O–H groups in total. The molecule has 0 bridgehead atoms. The molecule has 4 heterocycles. The first-order valence-corrected chi connectivity index (χ1v) is 14.5. The maximum Gasteiger partial charge on any atom is 0.228 e. The minimum absolute atomic E-state index is 0.563. The van der Waals surface area contributed by atoms with E-state index in [9.17, 15) is 0 Å². The van der Waals surface area contributed by atoms with Crippen LogP contribution in [0.25, 0.3) is 87.2 Å². The van der Waals surface area contributed by atoms with Gasteiger partial charge >= 0.3 is 0 Å². The van der Waals surface area contributed by atoms with Crippen molar-refractivity contribution in [1.29, 1.82) is 0 Å². The zero-order valence-corrected chi connectivity index (χ0v) is 23.0. The van der Waals surface area contributed by atoms with E-state index in [0.29, 0.717) is 23.2 Å². The van der Waals surface area contributed by atoms with Gasteiger partial charge in [0.1, 0.15) is 5.58 Å². The highest BCUT2D eigenvalue weighted by Crippen LogP contribution is 2.39. The molecule has 0 spiro atoms. The molecular formula is C36H20N4OS. The van der Waals surface area contributed by atoms with Gasteiger partial charge in [0.25, 0.3) is 0 Å². The summed E-state index contributed by atoms with van der Waals surface area (Å²) >= 11 is 1.79. The Morgan fingerprint density at radius 2 is 1.24 bits per heavy atom. The lowest BCUT2D eigenvalue weighted by Crippen LogP contribution is -2.00. The lowest BCUT2D eigenvalue weighted by molar-refractivity contribution is 0.654. The Kier molecular flexibility index (Phi) is 5.00. The van der Waals surface area contributed by atoms with Gasteiger partial charge in [0, 0.05) is 48.4 Å². The number of rotatable bonds is 3. The molecule has 0 aliphatic carbocycles. The largest absolute Gasteiger partial charge is 0.438 e. The van der Waals surface area contributed by atoms with E-state index >= 15 is 0 Å². The van der Waals surface area contributed by atoms with Gasteiger partial charge in [-0.3, -0.25) is 0 Å². The number of hydrogen-bond donors (Lipinski definition) is 0. The molecule has 0 radical (unpaired) electrons. The van der Waals surface area contributed by atoms with E-state index in [-0.39, 0.29) is 0 Å². The SMILES string of the molecule is c1ccc(-c2nc(-c3ccc4c(c3)sc3ccccc34)nc(-c3ccnc4oc5cc6ccccc6cc5c34)n2)cc1. The minimum atomic E-state index is 0.563. The second-order valence-electron chi connectivity index (χ2n) is 10.3. The van der Waals surface area contributed by atoms with Crippen molar-refractivity contribution < 1.29 is 4.42 Å². The number of thiophene rings is 1. The summed E-state index contributed by atoms with van der Waals surface area (Å²) in [4.78, 5) is 19.6. The van der Waals surface area contributed by atoms with Crippen molar-refractivity contribution in [3.63, 3.8) is 0 Å². The molecule has 0 saturated heterocycles. The van der Waals surface area contributed by atoms with E-state index in [2.05, 4.69) is 71.7 Å². The van der Waals surface area contributed by atoms with Crippen LogP contribution in [-0.4, -0.2) is 19.9 Å². The van der Waals surface area contributed by atoms with Gasteiger partial charge in [-0.25, -0.2) is 19.9 Å². The summed E-state index contributed by atoms with van der Waals surface area (Å²) in [6.07, 6.45) is 1.76. The van der Waals surface area contributed by atoms with Crippen LogP contribution in [0.15, 0.2) is 126 Å². The number of furan rings is 1. The fourth-order valence-electron chi connectivity index (χ4n) is 5.78. The van der Waals surface area contributed by atoms with Gasteiger partial charge in [-0.1, -0.05) is 84.9 Å². The van der Waals surface area contributed by atoms with Gasteiger partial charge in [0.2, 0.25) is 5.71 Å². The molecule has 9 aromatic rings. The number of hydrogen-bond acceptors (Lipinski definition) is 6. The molecule has 0 aliphatic rings. The van der Waals surface area contributed by atoms with Crippen LogP contribution in [0, 0.1) is 0 Å². The molecule has 0 unspecified atom stereocenters. The van der Waals surface area contributed by atoms with Crippen LogP contribution in [0.5, 0.6) is 0 Å². The lowest BCUT2D eigenvalue weighted by atomic mass is 10.0. The summed E-state index contributed by atoms with van der Waals surface area (Å²) in [6.45, 7) is 0. The predicted octanol–water partition coefficient (Wildman–Crippen LogP) is 9.69. The summed E-state index contributed by atoms with van der Waals surface area (Å²) in [6, 6.07) is 39.5. The van der Waals surface area contributed by atoms with E-state index < -0.39 is 0 Å². The lowest BCUT2D eigenvalue weighted by Gasteiger charge is -2.09. The quantitative estimate of drug-likeness (QED) is 0.217. The zero-order chi connectivity index (χ0) is 27.6. The van der Waals surface area contributed by atoms with E-state index in [1.165, 1.54) is 20.2 Å². The number of nitrogens with zero attached hydrogens (tertiary/aromatic N) is 4. The summed E-state index contributed by atoms with van der Waals surface area (Å²) in [7, 11) is 0. The van der Waals surface area contributed by atoms with Gasteiger partial charge in [-0.15, -0.1) is 11.3 Å². The van der Waals surface area contributed by atoms with Gasteiger partial charge < -0.3 is 4.42 Å². The van der Waals surface area contributed by atoms with Crippen molar-refractivity contribution in [2.24, 2.45) is 0 Å². The summed E-state index contributed by atoms with van der Waals surface area (Å²) in [5.74, 6) is 1.83. The number of pyridine rings is 1. The molecule has 6 heteroatoms. The third-order valence-electron chi connectivity index (χ3n) is 7.79. The summed E-state index contributed by atoms with van der Waals surface area (Å²) < 4.78 is 8.72. The van der Waals surface area contributed by atoms with Crippen LogP contribution in [0.3, 0.4) is 0 Å². The first-order chi connectivity index (χ1) is 20.8. The van der Waals surface area contributed by atoms with Crippen LogP contribution in [-0.2, 0) is 0 Å². The normalized spacial score (nSPS) is 11.8. The Morgan fingerprint density at radius 1 is 0.524 bits per heavy atom. The molecule has 0 saturated carbocycles. The minimum Gasteiger partial charge on any atom is -0.438 e. The van der Waals surface area contributed by atoms with Gasteiger partial charge in [-0.05, 0) is 41.1 Å². The standard InChI is InChI=1S/C36H20N4OS/c1-2-8-21(9-3-1)33-38-34(24-14-15-26-25-12-6-7-13-30(25)42-31(26)20-24)40-35(39-33)27-16-17-37-36-32(27)28-18-22-10-4-5-11-23(22)19-29(28)41-36/h1-20H. The molecule has 0 fully saturated rings. The second kappa shape index (κ2) is 9.03. The molecule has 0 atom stereocenters. The second-order valence-corrected chi connectivity index (χ2v) is 11.4. The van der Waals surface area contributed by atoms with E-state index in [0.717, 1.165) is 43.8 Å². The number of aromatic nitrogens is 4.